The van der Waals surface area contributed by atoms with E-state index in [1.54, 1.807) is 11.8 Å². The molecule has 2 amide bonds. The largest absolute Gasteiger partial charge is 0.462 e. The van der Waals surface area contributed by atoms with Crippen LogP contribution in [0.5, 0.6) is 0 Å². The van der Waals surface area contributed by atoms with Crippen molar-refractivity contribution in [3.8, 4) is 0 Å². The van der Waals surface area contributed by atoms with Crippen molar-refractivity contribution in [2.75, 3.05) is 30.3 Å². The van der Waals surface area contributed by atoms with Crippen LogP contribution in [0.4, 0.5) is 20.8 Å². The highest BCUT2D eigenvalue weighted by molar-refractivity contribution is 5.89. The molecule has 1 aromatic heterocycles. The molecule has 176 valence electrons. The molecular formula is C25H26FN5O3. The minimum Gasteiger partial charge on any atom is -0.462 e. The summed E-state index contributed by atoms with van der Waals surface area (Å²) in [6.45, 7) is 3.01. The number of nitrogens with one attached hydrogen (secondary N) is 2. The van der Waals surface area contributed by atoms with Crippen LogP contribution in [0.15, 0.2) is 67.0 Å². The number of benzene rings is 2. The van der Waals surface area contributed by atoms with E-state index in [1.165, 1.54) is 36.7 Å². The third kappa shape index (κ3) is 5.31. The zero-order chi connectivity index (χ0) is 24.0. The summed E-state index contributed by atoms with van der Waals surface area (Å²) in [6.07, 6.45) is 4.13. The van der Waals surface area contributed by atoms with Gasteiger partial charge in [-0.3, -0.25) is 0 Å². The Morgan fingerprint density at radius 1 is 1.03 bits per heavy atom. The van der Waals surface area contributed by atoms with Crippen molar-refractivity contribution >= 4 is 23.6 Å². The molecule has 2 N–H and O–H groups in total. The third-order valence-corrected chi connectivity index (χ3v) is 5.84. The molecule has 0 saturated carbocycles. The molecule has 2 heterocycles. The van der Waals surface area contributed by atoms with Crippen LogP contribution in [0.25, 0.3) is 0 Å². The first kappa shape index (κ1) is 23.2. The normalized spacial score (nSPS) is 14.8. The second-order valence-electron chi connectivity index (χ2n) is 8.01. The SMILES string of the molecule is CCOC(=O)c1cnc(NC2(c3ccccc3)CCN(C(=O)Nc3ccc(F)cc3)CC2)nc1. The molecule has 1 aliphatic heterocycles. The molecule has 0 unspecified atom stereocenters. The van der Waals surface area contributed by atoms with Gasteiger partial charge in [-0.15, -0.1) is 0 Å². The number of nitrogens with zero attached hydrogens (tertiary/aromatic N) is 3. The summed E-state index contributed by atoms with van der Waals surface area (Å²) >= 11 is 0. The van der Waals surface area contributed by atoms with E-state index in [9.17, 15) is 14.0 Å². The average Bonchev–Trinajstić information content (AvgIpc) is 2.87. The van der Waals surface area contributed by atoms with E-state index in [-0.39, 0.29) is 24.0 Å². The standard InChI is InChI=1S/C25H26FN5O3/c1-2-34-22(32)18-16-27-23(28-17-18)30-25(19-6-4-3-5-7-19)12-14-31(15-13-25)24(33)29-21-10-8-20(26)9-11-21/h3-11,16-17H,2,12-15H2,1H3,(H,29,33)(H,27,28,30). The summed E-state index contributed by atoms with van der Waals surface area (Å²) in [7, 11) is 0. The fourth-order valence-electron chi connectivity index (χ4n) is 4.00. The van der Waals surface area contributed by atoms with E-state index < -0.39 is 11.5 Å². The molecule has 0 radical (unpaired) electrons. The zero-order valence-electron chi connectivity index (χ0n) is 18.8. The van der Waals surface area contributed by atoms with Crippen LogP contribution in [0, 0.1) is 5.82 Å². The number of ether oxygens (including phenoxy) is 1. The van der Waals surface area contributed by atoms with Crippen molar-refractivity contribution in [3.63, 3.8) is 0 Å². The van der Waals surface area contributed by atoms with Crippen molar-refractivity contribution in [3.05, 3.63) is 83.9 Å². The van der Waals surface area contributed by atoms with Crippen LogP contribution in [0.2, 0.25) is 0 Å². The summed E-state index contributed by atoms with van der Waals surface area (Å²) in [5.41, 5.74) is 1.40. The Morgan fingerprint density at radius 3 is 2.29 bits per heavy atom. The maximum atomic E-state index is 13.1. The van der Waals surface area contributed by atoms with Crippen LogP contribution in [0.3, 0.4) is 0 Å². The number of carbonyl (C=O) groups is 2. The van der Waals surface area contributed by atoms with Crippen LogP contribution >= 0.6 is 0 Å². The van der Waals surface area contributed by atoms with E-state index in [0.29, 0.717) is 37.6 Å². The second kappa shape index (κ2) is 10.3. The summed E-state index contributed by atoms with van der Waals surface area (Å²) < 4.78 is 18.1. The zero-order valence-corrected chi connectivity index (χ0v) is 18.8. The number of hydrogen-bond acceptors (Lipinski definition) is 6. The first-order chi connectivity index (χ1) is 16.5. The number of rotatable bonds is 6. The van der Waals surface area contributed by atoms with Gasteiger partial charge in [0.05, 0.1) is 17.7 Å². The fraction of sp³-hybridized carbons (Fsp3) is 0.280. The Hall–Kier alpha value is -4.01. The number of amides is 2. The lowest BCUT2D eigenvalue weighted by atomic mass is 9.81. The molecule has 4 rings (SSSR count). The quantitative estimate of drug-likeness (QED) is 0.525. The highest BCUT2D eigenvalue weighted by Crippen LogP contribution is 2.36. The van der Waals surface area contributed by atoms with Crippen molar-refractivity contribution < 1.29 is 18.7 Å². The smallest absolute Gasteiger partial charge is 0.341 e. The lowest BCUT2D eigenvalue weighted by Crippen LogP contribution is -2.50. The minimum atomic E-state index is -0.487. The molecular weight excluding hydrogens is 437 g/mol. The maximum Gasteiger partial charge on any atom is 0.341 e. The van der Waals surface area contributed by atoms with Gasteiger partial charge in [0, 0.05) is 31.2 Å². The van der Waals surface area contributed by atoms with Gasteiger partial charge in [0.2, 0.25) is 5.95 Å². The van der Waals surface area contributed by atoms with Gasteiger partial charge in [-0.25, -0.2) is 23.9 Å². The Labute approximate surface area is 197 Å². The van der Waals surface area contributed by atoms with E-state index in [4.69, 9.17) is 4.74 Å². The van der Waals surface area contributed by atoms with E-state index in [1.807, 2.05) is 30.3 Å². The number of anilines is 2. The maximum absolute atomic E-state index is 13.1. The number of esters is 1. The van der Waals surface area contributed by atoms with E-state index >= 15 is 0 Å². The molecule has 3 aromatic rings. The molecule has 0 atom stereocenters. The fourth-order valence-corrected chi connectivity index (χ4v) is 4.00. The number of aromatic nitrogens is 2. The topological polar surface area (TPSA) is 96.5 Å². The monoisotopic (exact) mass is 463 g/mol. The van der Waals surface area contributed by atoms with E-state index in [2.05, 4.69) is 20.6 Å². The predicted octanol–water partition coefficient (Wildman–Crippen LogP) is 4.43. The van der Waals surface area contributed by atoms with Crippen LogP contribution in [0.1, 0.15) is 35.7 Å². The minimum absolute atomic E-state index is 0.233. The molecule has 0 bridgehead atoms. The number of urea groups is 1. The van der Waals surface area contributed by atoms with Gasteiger partial charge in [-0.05, 0) is 49.6 Å². The van der Waals surface area contributed by atoms with Crippen LogP contribution < -0.4 is 10.6 Å². The lowest BCUT2D eigenvalue weighted by molar-refractivity contribution is 0.0525. The Morgan fingerprint density at radius 2 is 1.68 bits per heavy atom. The van der Waals surface area contributed by atoms with Gasteiger partial charge < -0.3 is 20.3 Å². The molecule has 1 saturated heterocycles. The molecule has 2 aromatic carbocycles. The summed E-state index contributed by atoms with van der Waals surface area (Å²) in [4.78, 5) is 35.0. The average molecular weight is 464 g/mol. The van der Waals surface area contributed by atoms with Gasteiger partial charge in [0.15, 0.2) is 0 Å². The highest BCUT2D eigenvalue weighted by Gasteiger charge is 2.38. The predicted molar refractivity (Wildman–Crippen MR) is 126 cm³/mol. The van der Waals surface area contributed by atoms with Gasteiger partial charge in [0.1, 0.15) is 5.82 Å². The van der Waals surface area contributed by atoms with Gasteiger partial charge in [0.25, 0.3) is 0 Å². The highest BCUT2D eigenvalue weighted by atomic mass is 19.1. The molecule has 1 aliphatic rings. The molecule has 0 aliphatic carbocycles. The molecule has 34 heavy (non-hydrogen) atoms. The van der Waals surface area contributed by atoms with Gasteiger partial charge in [-0.2, -0.15) is 0 Å². The Bertz CT molecular complexity index is 1120. The summed E-state index contributed by atoms with van der Waals surface area (Å²) in [6, 6.07) is 15.4. The number of piperidine rings is 1. The lowest BCUT2D eigenvalue weighted by Gasteiger charge is -2.42. The second-order valence-corrected chi connectivity index (χ2v) is 8.01. The molecule has 1 fully saturated rings. The Balaban J connectivity index is 1.48. The van der Waals surface area contributed by atoms with Crippen molar-refractivity contribution in [1.82, 2.24) is 14.9 Å². The number of carbonyl (C=O) groups excluding carboxylic acids is 2. The van der Waals surface area contributed by atoms with Gasteiger partial charge >= 0.3 is 12.0 Å². The molecule has 0 spiro atoms. The first-order valence-corrected chi connectivity index (χ1v) is 11.1. The van der Waals surface area contributed by atoms with Crippen molar-refractivity contribution in [2.45, 2.75) is 25.3 Å². The van der Waals surface area contributed by atoms with Crippen molar-refractivity contribution in [1.29, 1.82) is 0 Å². The number of likely N-dealkylation sites (tertiary alicyclic amines) is 1. The van der Waals surface area contributed by atoms with Crippen LogP contribution in [-0.2, 0) is 10.3 Å². The molecule has 9 heteroatoms. The number of halogens is 1. The van der Waals surface area contributed by atoms with Crippen molar-refractivity contribution in [2.24, 2.45) is 0 Å². The number of hydrogen-bond donors (Lipinski definition) is 2. The first-order valence-electron chi connectivity index (χ1n) is 11.1. The van der Waals surface area contributed by atoms with Crippen LogP contribution in [-0.4, -0.2) is 46.6 Å². The third-order valence-electron chi connectivity index (χ3n) is 5.84. The Kier molecular flexibility index (Phi) is 7.01. The van der Waals surface area contributed by atoms with Gasteiger partial charge in [-0.1, -0.05) is 30.3 Å². The summed E-state index contributed by atoms with van der Waals surface area (Å²) in [5, 5.41) is 6.26. The summed E-state index contributed by atoms with van der Waals surface area (Å²) in [5.74, 6) is -0.430. The molecule has 8 nitrogen and oxygen atoms in total. The van der Waals surface area contributed by atoms with E-state index in [0.717, 1.165) is 5.56 Å².